The highest BCUT2D eigenvalue weighted by Gasteiger charge is 2.15. The van der Waals surface area contributed by atoms with Crippen molar-refractivity contribution in [2.24, 2.45) is 5.92 Å². The number of ether oxygens (including phenoxy) is 2. The minimum absolute atomic E-state index is 0.106. The lowest BCUT2D eigenvalue weighted by atomic mass is 10.1. The number of carbonyl (C=O) groups is 1. The van der Waals surface area contributed by atoms with Crippen LogP contribution in [0, 0.1) is 5.92 Å². The van der Waals surface area contributed by atoms with Crippen LogP contribution in [0.25, 0.3) is 0 Å². The number of allylic oxidation sites excluding steroid dienone is 2. The molecule has 1 atom stereocenters. The van der Waals surface area contributed by atoms with Gasteiger partial charge in [-0.3, -0.25) is 4.79 Å². The van der Waals surface area contributed by atoms with Crippen LogP contribution in [0.4, 0.5) is 0 Å². The van der Waals surface area contributed by atoms with Gasteiger partial charge in [0.25, 0.3) is 0 Å². The van der Waals surface area contributed by atoms with Crippen LogP contribution in [0.1, 0.15) is 24.8 Å². The van der Waals surface area contributed by atoms with Crippen molar-refractivity contribution in [1.29, 1.82) is 0 Å². The highest BCUT2D eigenvalue weighted by Crippen LogP contribution is 2.32. The van der Waals surface area contributed by atoms with Crippen LogP contribution in [-0.2, 0) is 11.3 Å². The van der Waals surface area contributed by atoms with E-state index in [1.807, 2.05) is 18.2 Å². The SMILES string of the molecule is O=C(C[C@@H]1C=CCC1)NCc1ccc2c(c1)OCO2. The van der Waals surface area contributed by atoms with Gasteiger partial charge >= 0.3 is 0 Å². The summed E-state index contributed by atoms with van der Waals surface area (Å²) in [6, 6.07) is 5.74. The largest absolute Gasteiger partial charge is 0.454 e. The molecule has 1 N–H and O–H groups in total. The molecular formula is C15H17NO3. The third-order valence-electron chi connectivity index (χ3n) is 3.49. The molecule has 4 heteroatoms. The third kappa shape index (κ3) is 2.89. The zero-order chi connectivity index (χ0) is 13.1. The van der Waals surface area contributed by atoms with E-state index in [-0.39, 0.29) is 12.7 Å². The summed E-state index contributed by atoms with van der Waals surface area (Å²) in [5.41, 5.74) is 1.03. The van der Waals surface area contributed by atoms with Crippen LogP contribution in [0.5, 0.6) is 11.5 Å². The molecule has 3 rings (SSSR count). The standard InChI is InChI=1S/C15H17NO3/c17-15(8-11-3-1-2-4-11)16-9-12-5-6-13-14(7-12)19-10-18-13/h1,3,5-7,11H,2,4,8-10H2,(H,16,17)/t11-/m1/s1. The minimum atomic E-state index is 0.106. The quantitative estimate of drug-likeness (QED) is 0.845. The van der Waals surface area contributed by atoms with Crippen molar-refractivity contribution in [2.45, 2.75) is 25.8 Å². The van der Waals surface area contributed by atoms with Gasteiger partial charge in [-0.15, -0.1) is 0 Å². The molecule has 100 valence electrons. The lowest BCUT2D eigenvalue weighted by molar-refractivity contribution is -0.121. The summed E-state index contributed by atoms with van der Waals surface area (Å²) in [6.45, 7) is 0.811. The van der Waals surface area contributed by atoms with E-state index in [9.17, 15) is 4.79 Å². The molecule has 0 aromatic heterocycles. The molecule has 0 saturated carbocycles. The second-order valence-corrected chi connectivity index (χ2v) is 4.93. The van der Waals surface area contributed by atoms with Gasteiger partial charge in [-0.25, -0.2) is 0 Å². The van der Waals surface area contributed by atoms with Gasteiger partial charge < -0.3 is 14.8 Å². The van der Waals surface area contributed by atoms with Crippen molar-refractivity contribution in [3.63, 3.8) is 0 Å². The minimum Gasteiger partial charge on any atom is -0.454 e. The first kappa shape index (κ1) is 12.1. The van der Waals surface area contributed by atoms with Crippen LogP contribution in [0.3, 0.4) is 0 Å². The van der Waals surface area contributed by atoms with Gasteiger partial charge in [0.05, 0.1) is 0 Å². The number of rotatable bonds is 4. The Labute approximate surface area is 112 Å². The van der Waals surface area contributed by atoms with E-state index in [2.05, 4.69) is 17.5 Å². The summed E-state index contributed by atoms with van der Waals surface area (Å²) in [4.78, 5) is 11.8. The Balaban J connectivity index is 1.51. The zero-order valence-corrected chi connectivity index (χ0v) is 10.7. The molecule has 1 aromatic rings. The van der Waals surface area contributed by atoms with E-state index in [1.165, 1.54) is 0 Å². The van der Waals surface area contributed by atoms with E-state index in [4.69, 9.17) is 9.47 Å². The molecule has 2 aliphatic rings. The maximum Gasteiger partial charge on any atom is 0.231 e. The van der Waals surface area contributed by atoms with Gasteiger partial charge in [-0.1, -0.05) is 18.2 Å². The Kier molecular flexibility index (Phi) is 3.40. The number of amides is 1. The van der Waals surface area contributed by atoms with Crippen LogP contribution in [0.15, 0.2) is 30.4 Å². The number of hydrogen-bond donors (Lipinski definition) is 1. The number of fused-ring (bicyclic) bond motifs is 1. The Morgan fingerprint density at radius 3 is 3.05 bits per heavy atom. The number of benzene rings is 1. The average molecular weight is 259 g/mol. The lowest BCUT2D eigenvalue weighted by Gasteiger charge is -2.09. The fourth-order valence-corrected chi connectivity index (χ4v) is 2.43. The monoisotopic (exact) mass is 259 g/mol. The van der Waals surface area contributed by atoms with E-state index in [1.54, 1.807) is 0 Å². The molecule has 1 aliphatic heterocycles. The summed E-state index contributed by atoms with van der Waals surface area (Å²) >= 11 is 0. The number of carbonyl (C=O) groups excluding carboxylic acids is 1. The highest BCUT2D eigenvalue weighted by molar-refractivity contribution is 5.76. The summed E-state index contributed by atoms with van der Waals surface area (Å²) in [5.74, 6) is 2.04. The van der Waals surface area contributed by atoms with Gasteiger partial charge in [-0.05, 0) is 36.5 Å². The van der Waals surface area contributed by atoms with Crippen LogP contribution < -0.4 is 14.8 Å². The number of nitrogens with one attached hydrogen (secondary N) is 1. The van der Waals surface area contributed by atoms with Crippen LogP contribution in [0.2, 0.25) is 0 Å². The van der Waals surface area contributed by atoms with Crippen LogP contribution >= 0.6 is 0 Å². The first-order chi connectivity index (χ1) is 9.31. The van der Waals surface area contributed by atoms with Crippen molar-refractivity contribution >= 4 is 5.91 Å². The van der Waals surface area contributed by atoms with Crippen molar-refractivity contribution < 1.29 is 14.3 Å². The van der Waals surface area contributed by atoms with E-state index >= 15 is 0 Å². The van der Waals surface area contributed by atoms with E-state index in [0.29, 0.717) is 18.9 Å². The third-order valence-corrected chi connectivity index (χ3v) is 3.49. The van der Waals surface area contributed by atoms with E-state index < -0.39 is 0 Å². The summed E-state index contributed by atoms with van der Waals surface area (Å²) in [6.07, 6.45) is 7.06. The Morgan fingerprint density at radius 1 is 1.32 bits per heavy atom. The van der Waals surface area contributed by atoms with Crippen molar-refractivity contribution in [3.8, 4) is 11.5 Å². The predicted molar refractivity (Wildman–Crippen MR) is 70.9 cm³/mol. The maximum absolute atomic E-state index is 11.8. The molecule has 1 amide bonds. The highest BCUT2D eigenvalue weighted by atomic mass is 16.7. The molecule has 19 heavy (non-hydrogen) atoms. The fourth-order valence-electron chi connectivity index (χ4n) is 2.43. The topological polar surface area (TPSA) is 47.6 Å². The van der Waals surface area contributed by atoms with Gasteiger partial charge in [-0.2, -0.15) is 0 Å². The second-order valence-electron chi connectivity index (χ2n) is 4.93. The maximum atomic E-state index is 11.8. The first-order valence-corrected chi connectivity index (χ1v) is 6.63. The molecule has 0 spiro atoms. The first-order valence-electron chi connectivity index (χ1n) is 6.63. The molecule has 1 heterocycles. The Bertz CT molecular complexity index is 510. The smallest absolute Gasteiger partial charge is 0.231 e. The molecule has 1 aromatic carbocycles. The van der Waals surface area contributed by atoms with Crippen LogP contribution in [-0.4, -0.2) is 12.7 Å². The second kappa shape index (κ2) is 5.34. The summed E-state index contributed by atoms with van der Waals surface area (Å²) in [5, 5.41) is 2.95. The molecule has 1 aliphatic carbocycles. The Morgan fingerprint density at radius 2 is 2.21 bits per heavy atom. The molecule has 0 radical (unpaired) electrons. The normalized spacial score (nSPS) is 19.7. The molecule has 0 bridgehead atoms. The molecule has 0 unspecified atom stereocenters. The van der Waals surface area contributed by atoms with Crippen molar-refractivity contribution in [3.05, 3.63) is 35.9 Å². The molecule has 0 saturated heterocycles. The summed E-state index contributed by atoms with van der Waals surface area (Å²) < 4.78 is 10.6. The molecule has 4 nitrogen and oxygen atoms in total. The van der Waals surface area contributed by atoms with Gasteiger partial charge in [0.15, 0.2) is 11.5 Å². The summed E-state index contributed by atoms with van der Waals surface area (Å²) in [7, 11) is 0. The fraction of sp³-hybridized carbons (Fsp3) is 0.400. The van der Waals surface area contributed by atoms with Gasteiger partial charge in [0.1, 0.15) is 0 Å². The molecule has 0 fully saturated rings. The predicted octanol–water partition coefficient (Wildman–Crippen LogP) is 2.39. The van der Waals surface area contributed by atoms with Gasteiger partial charge in [0, 0.05) is 13.0 Å². The average Bonchev–Trinajstić information content (AvgIpc) is 3.06. The number of hydrogen-bond acceptors (Lipinski definition) is 3. The molecular weight excluding hydrogens is 242 g/mol. The zero-order valence-electron chi connectivity index (χ0n) is 10.7. The van der Waals surface area contributed by atoms with Crippen molar-refractivity contribution in [2.75, 3.05) is 6.79 Å². The van der Waals surface area contributed by atoms with Gasteiger partial charge in [0.2, 0.25) is 12.7 Å². The Hall–Kier alpha value is -1.97. The van der Waals surface area contributed by atoms with Crippen molar-refractivity contribution in [1.82, 2.24) is 5.32 Å². The lowest BCUT2D eigenvalue weighted by Crippen LogP contribution is -2.24. The van der Waals surface area contributed by atoms with E-state index in [0.717, 1.165) is 29.9 Å².